The van der Waals surface area contributed by atoms with Gasteiger partial charge in [0, 0.05) is 0 Å². The third-order valence-electron chi connectivity index (χ3n) is 2.60. The molecule has 0 bridgehead atoms. The van der Waals surface area contributed by atoms with Crippen molar-refractivity contribution in [1.29, 1.82) is 0 Å². The van der Waals surface area contributed by atoms with E-state index in [1.165, 1.54) is 0 Å². The molecule has 0 fully saturated rings. The summed E-state index contributed by atoms with van der Waals surface area (Å²) in [5.74, 6) is -0.568. The summed E-state index contributed by atoms with van der Waals surface area (Å²) in [5, 5.41) is 8.92. The van der Waals surface area contributed by atoms with Crippen LogP contribution in [0.2, 0.25) is 0 Å². The van der Waals surface area contributed by atoms with Gasteiger partial charge in [-0.05, 0) is 18.4 Å². The normalized spacial score (nSPS) is 11.1. The SMILES string of the molecule is Cl.NC(CCc1ccccc1)C(=O)OCOCCO[N+](=O)[O-]. The number of benzene rings is 1. The first kappa shape index (κ1) is 20.1. The molecule has 0 heterocycles. The van der Waals surface area contributed by atoms with Gasteiger partial charge in [0.05, 0.1) is 6.61 Å². The van der Waals surface area contributed by atoms with E-state index in [0.29, 0.717) is 12.8 Å². The van der Waals surface area contributed by atoms with Crippen LogP contribution in [0.15, 0.2) is 30.3 Å². The first-order valence-electron chi connectivity index (χ1n) is 6.41. The summed E-state index contributed by atoms with van der Waals surface area (Å²) < 4.78 is 9.63. The van der Waals surface area contributed by atoms with Crippen molar-refractivity contribution < 1.29 is 24.2 Å². The Kier molecular flexibility index (Phi) is 10.7. The van der Waals surface area contributed by atoms with Crippen LogP contribution in [0.25, 0.3) is 0 Å². The molecule has 0 aromatic heterocycles. The summed E-state index contributed by atoms with van der Waals surface area (Å²) in [6, 6.07) is 8.92. The smallest absolute Gasteiger partial charge is 0.325 e. The van der Waals surface area contributed by atoms with Gasteiger partial charge < -0.3 is 20.0 Å². The van der Waals surface area contributed by atoms with Gasteiger partial charge in [-0.15, -0.1) is 22.5 Å². The molecule has 1 aromatic carbocycles. The lowest BCUT2D eigenvalue weighted by Crippen LogP contribution is -2.33. The van der Waals surface area contributed by atoms with Gasteiger partial charge in [-0.1, -0.05) is 30.3 Å². The van der Waals surface area contributed by atoms with Crippen LogP contribution in [-0.4, -0.2) is 37.1 Å². The Morgan fingerprint density at radius 2 is 1.95 bits per heavy atom. The molecule has 0 amide bonds. The minimum Gasteiger partial charge on any atom is -0.437 e. The van der Waals surface area contributed by atoms with Gasteiger partial charge in [0.25, 0.3) is 5.09 Å². The highest BCUT2D eigenvalue weighted by Crippen LogP contribution is 2.04. The standard InChI is InChI=1S/C13H18N2O6.ClH/c14-12(7-6-11-4-2-1-3-5-11)13(16)20-10-19-8-9-21-15(17)18;/h1-5,12H,6-10,14H2;1H. The maximum atomic E-state index is 11.5. The van der Waals surface area contributed by atoms with E-state index in [-0.39, 0.29) is 32.4 Å². The molecule has 0 aliphatic heterocycles. The van der Waals surface area contributed by atoms with Gasteiger partial charge >= 0.3 is 5.97 Å². The molecule has 22 heavy (non-hydrogen) atoms. The summed E-state index contributed by atoms with van der Waals surface area (Å²) in [4.78, 5) is 25.4. The van der Waals surface area contributed by atoms with Gasteiger partial charge in [0.15, 0.2) is 6.79 Å². The van der Waals surface area contributed by atoms with Crippen LogP contribution >= 0.6 is 12.4 Å². The quantitative estimate of drug-likeness (QED) is 0.224. The van der Waals surface area contributed by atoms with Gasteiger partial charge in [-0.25, -0.2) is 0 Å². The molecule has 1 atom stereocenters. The number of ether oxygens (including phenoxy) is 2. The maximum absolute atomic E-state index is 11.5. The number of hydrogen-bond donors (Lipinski definition) is 1. The fraction of sp³-hybridized carbons (Fsp3) is 0.462. The van der Waals surface area contributed by atoms with E-state index in [4.69, 9.17) is 15.2 Å². The highest BCUT2D eigenvalue weighted by Gasteiger charge is 2.14. The first-order valence-corrected chi connectivity index (χ1v) is 6.41. The van der Waals surface area contributed by atoms with Crippen LogP contribution in [0.3, 0.4) is 0 Å². The number of esters is 1. The molecular formula is C13H19ClN2O6. The fourth-order valence-electron chi connectivity index (χ4n) is 1.52. The predicted molar refractivity (Wildman–Crippen MR) is 79.8 cm³/mol. The zero-order valence-electron chi connectivity index (χ0n) is 11.9. The topological polar surface area (TPSA) is 114 Å². The first-order chi connectivity index (χ1) is 10.1. The monoisotopic (exact) mass is 334 g/mol. The summed E-state index contributed by atoms with van der Waals surface area (Å²) in [6.07, 6.45) is 1.14. The van der Waals surface area contributed by atoms with Gasteiger partial charge in [-0.2, -0.15) is 0 Å². The summed E-state index contributed by atoms with van der Waals surface area (Å²) >= 11 is 0. The van der Waals surface area contributed by atoms with Crippen LogP contribution in [0.5, 0.6) is 0 Å². The van der Waals surface area contributed by atoms with Gasteiger partial charge in [0.1, 0.15) is 12.6 Å². The predicted octanol–water partition coefficient (Wildman–Crippen LogP) is 1.09. The maximum Gasteiger partial charge on any atom is 0.325 e. The Balaban J connectivity index is 0.00000441. The summed E-state index contributed by atoms with van der Waals surface area (Å²) in [6.45, 7) is -0.572. The molecule has 8 nitrogen and oxygen atoms in total. The van der Waals surface area contributed by atoms with E-state index in [1.807, 2.05) is 30.3 Å². The summed E-state index contributed by atoms with van der Waals surface area (Å²) in [7, 11) is 0. The fourth-order valence-corrected chi connectivity index (χ4v) is 1.52. The summed E-state index contributed by atoms with van der Waals surface area (Å²) in [5.41, 5.74) is 6.79. The van der Waals surface area contributed by atoms with Crippen LogP contribution in [0, 0.1) is 10.1 Å². The van der Waals surface area contributed by atoms with Crippen molar-refractivity contribution in [2.24, 2.45) is 5.73 Å². The van der Waals surface area contributed by atoms with E-state index in [2.05, 4.69) is 4.84 Å². The third-order valence-corrected chi connectivity index (χ3v) is 2.60. The molecule has 124 valence electrons. The highest BCUT2D eigenvalue weighted by atomic mass is 35.5. The molecule has 0 aliphatic rings. The van der Waals surface area contributed by atoms with E-state index in [1.54, 1.807) is 0 Å². The van der Waals surface area contributed by atoms with Crippen LogP contribution in [-0.2, 0) is 25.5 Å². The minimum absolute atomic E-state index is 0. The number of nitrogens with two attached hydrogens (primary N) is 1. The average Bonchev–Trinajstić information content (AvgIpc) is 2.48. The number of nitrogens with zero attached hydrogens (tertiary/aromatic N) is 1. The van der Waals surface area contributed by atoms with E-state index >= 15 is 0 Å². The van der Waals surface area contributed by atoms with Crippen molar-refractivity contribution in [2.45, 2.75) is 18.9 Å². The molecule has 0 saturated heterocycles. The lowest BCUT2D eigenvalue weighted by Gasteiger charge is -2.11. The second-order valence-corrected chi connectivity index (χ2v) is 4.18. The van der Waals surface area contributed by atoms with E-state index < -0.39 is 17.1 Å². The molecule has 0 radical (unpaired) electrons. The zero-order chi connectivity index (χ0) is 15.5. The number of aryl methyl sites for hydroxylation is 1. The van der Waals surface area contributed by atoms with E-state index in [9.17, 15) is 14.9 Å². The van der Waals surface area contributed by atoms with Crippen molar-refractivity contribution >= 4 is 18.4 Å². The largest absolute Gasteiger partial charge is 0.437 e. The highest BCUT2D eigenvalue weighted by molar-refractivity contribution is 5.85. The Hall–Kier alpha value is -1.90. The Morgan fingerprint density at radius 1 is 1.27 bits per heavy atom. The second-order valence-electron chi connectivity index (χ2n) is 4.18. The molecule has 1 unspecified atom stereocenters. The number of hydrogen-bond acceptors (Lipinski definition) is 7. The Bertz CT molecular complexity index is 445. The van der Waals surface area contributed by atoms with E-state index in [0.717, 1.165) is 5.56 Å². The number of carbonyl (C=O) groups excluding carboxylic acids is 1. The van der Waals surface area contributed by atoms with Gasteiger partial charge in [0.2, 0.25) is 0 Å². The minimum atomic E-state index is -0.922. The third kappa shape index (κ3) is 9.11. The molecule has 1 aromatic rings. The number of halogens is 1. The lowest BCUT2D eigenvalue weighted by atomic mass is 10.1. The van der Waals surface area contributed by atoms with Crippen LogP contribution < -0.4 is 5.73 Å². The van der Waals surface area contributed by atoms with Crippen molar-refractivity contribution in [3.05, 3.63) is 46.0 Å². The molecule has 2 N–H and O–H groups in total. The number of carbonyl (C=O) groups is 1. The molecule has 1 rings (SSSR count). The lowest BCUT2D eigenvalue weighted by molar-refractivity contribution is -0.758. The molecule has 9 heteroatoms. The molecule has 0 aliphatic carbocycles. The Morgan fingerprint density at radius 3 is 2.59 bits per heavy atom. The molecule has 0 saturated carbocycles. The number of rotatable bonds is 10. The second kappa shape index (κ2) is 11.7. The van der Waals surface area contributed by atoms with Crippen molar-refractivity contribution in [2.75, 3.05) is 20.0 Å². The van der Waals surface area contributed by atoms with Crippen LogP contribution in [0.4, 0.5) is 0 Å². The zero-order valence-corrected chi connectivity index (χ0v) is 12.7. The van der Waals surface area contributed by atoms with Crippen molar-refractivity contribution in [1.82, 2.24) is 0 Å². The van der Waals surface area contributed by atoms with Crippen LogP contribution in [0.1, 0.15) is 12.0 Å². The Labute approximate surface area is 134 Å². The van der Waals surface area contributed by atoms with Crippen molar-refractivity contribution in [3.8, 4) is 0 Å². The molecule has 0 spiro atoms. The van der Waals surface area contributed by atoms with Gasteiger partial charge in [-0.3, -0.25) is 4.79 Å². The average molecular weight is 335 g/mol. The molecular weight excluding hydrogens is 316 g/mol. The van der Waals surface area contributed by atoms with Crippen molar-refractivity contribution in [3.63, 3.8) is 0 Å².